The van der Waals surface area contributed by atoms with Crippen LogP contribution in [0.2, 0.25) is 0 Å². The first-order valence-electron chi connectivity index (χ1n) is 4.22. The average Bonchev–Trinajstić information content (AvgIpc) is 2.42. The molecule has 0 spiro atoms. The molecule has 2 fully saturated rings. The van der Waals surface area contributed by atoms with Crippen molar-refractivity contribution in [2.45, 2.75) is 31.5 Å². The predicted molar refractivity (Wildman–Crippen MR) is 38.2 cm³/mol. The van der Waals surface area contributed by atoms with Crippen molar-refractivity contribution >= 4 is 0 Å². The van der Waals surface area contributed by atoms with Crippen molar-refractivity contribution < 1.29 is 13.2 Å². The van der Waals surface area contributed by atoms with E-state index in [2.05, 4.69) is 0 Å². The van der Waals surface area contributed by atoms with Gasteiger partial charge in [0.2, 0.25) is 0 Å². The Morgan fingerprint density at radius 1 is 1.42 bits per heavy atom. The molecule has 69 valence electrons. The van der Waals surface area contributed by atoms with E-state index >= 15 is 0 Å². The largest absolute Gasteiger partial charge is 0.390 e. The summed E-state index contributed by atoms with van der Waals surface area (Å²) in [5.41, 5.74) is 0. The number of nitrogens with zero attached hydrogens (tertiary/aromatic N) is 1. The van der Waals surface area contributed by atoms with Crippen LogP contribution in [0.1, 0.15) is 19.3 Å². The Labute approximate surface area is 69.5 Å². The third-order valence-electron chi connectivity index (χ3n) is 2.67. The van der Waals surface area contributed by atoms with Crippen LogP contribution in [-0.4, -0.2) is 23.7 Å². The molecule has 2 rings (SSSR count). The molecule has 2 saturated heterocycles. The zero-order valence-electron chi connectivity index (χ0n) is 6.64. The molecule has 0 amide bonds. The van der Waals surface area contributed by atoms with Crippen LogP contribution in [0.4, 0.5) is 13.2 Å². The molecule has 1 nitrogen and oxygen atoms in total. The maximum absolute atomic E-state index is 12.0. The molecule has 0 aliphatic carbocycles. The van der Waals surface area contributed by atoms with Crippen LogP contribution in [0, 0.1) is 12.5 Å². The van der Waals surface area contributed by atoms with Crippen molar-refractivity contribution in [2.75, 3.05) is 6.54 Å². The van der Waals surface area contributed by atoms with Crippen molar-refractivity contribution in [1.82, 2.24) is 4.90 Å². The fourth-order valence-electron chi connectivity index (χ4n) is 2.17. The molecule has 2 heterocycles. The summed E-state index contributed by atoms with van der Waals surface area (Å²) >= 11 is 0. The Balaban J connectivity index is 1.91. The van der Waals surface area contributed by atoms with Crippen molar-refractivity contribution in [1.29, 1.82) is 0 Å². The Morgan fingerprint density at radius 3 is 2.58 bits per heavy atom. The molecule has 2 bridgehead atoms. The third-order valence-corrected chi connectivity index (χ3v) is 2.67. The van der Waals surface area contributed by atoms with Crippen LogP contribution in [0.5, 0.6) is 0 Å². The molecule has 0 aromatic rings. The van der Waals surface area contributed by atoms with E-state index in [1.165, 1.54) is 0 Å². The summed E-state index contributed by atoms with van der Waals surface area (Å²) in [6, 6.07) is -0.260. The van der Waals surface area contributed by atoms with Gasteiger partial charge in [0.1, 0.15) is 0 Å². The number of alkyl halides is 3. The van der Waals surface area contributed by atoms with Gasteiger partial charge in [-0.3, -0.25) is 4.90 Å². The number of hydrogen-bond donors (Lipinski definition) is 0. The molecule has 2 aliphatic rings. The lowest BCUT2D eigenvalue weighted by molar-refractivity contribution is -0.145. The summed E-state index contributed by atoms with van der Waals surface area (Å²) in [6.45, 7) is 2.79. The second kappa shape index (κ2) is 2.62. The molecule has 0 aromatic heterocycles. The molecule has 4 heteroatoms. The van der Waals surface area contributed by atoms with E-state index in [4.69, 9.17) is 0 Å². The first kappa shape index (κ1) is 8.35. The summed E-state index contributed by atoms with van der Waals surface area (Å²) in [4.78, 5) is 1.86. The Hall–Kier alpha value is -0.250. The fraction of sp³-hybridized carbons (Fsp3) is 0.875. The summed E-state index contributed by atoms with van der Waals surface area (Å²) in [6.07, 6.45) is -2.88. The zero-order valence-corrected chi connectivity index (χ0v) is 6.64. The van der Waals surface area contributed by atoms with Crippen molar-refractivity contribution in [3.05, 3.63) is 6.54 Å². The number of piperidine rings is 1. The van der Waals surface area contributed by atoms with Gasteiger partial charge in [0.25, 0.3) is 0 Å². The molecule has 0 N–H and O–H groups in total. The van der Waals surface area contributed by atoms with Crippen LogP contribution in [-0.2, 0) is 0 Å². The number of halogens is 3. The third kappa shape index (κ3) is 1.58. The normalized spacial score (nSPS) is 40.8. The lowest BCUT2D eigenvalue weighted by atomic mass is 9.98. The van der Waals surface area contributed by atoms with E-state index in [-0.39, 0.29) is 6.04 Å². The van der Waals surface area contributed by atoms with Gasteiger partial charge < -0.3 is 0 Å². The lowest BCUT2D eigenvalue weighted by Gasteiger charge is -2.25. The molecular weight excluding hydrogens is 167 g/mol. The second-order valence-corrected chi connectivity index (χ2v) is 3.64. The number of hydrogen-bond acceptors (Lipinski definition) is 1. The van der Waals surface area contributed by atoms with Gasteiger partial charge in [-0.15, -0.1) is 0 Å². The quantitative estimate of drug-likeness (QED) is 0.595. The molecule has 0 aromatic carbocycles. The van der Waals surface area contributed by atoms with Gasteiger partial charge in [-0.2, -0.15) is 13.2 Å². The van der Waals surface area contributed by atoms with Crippen LogP contribution in [0.3, 0.4) is 0 Å². The molecule has 0 saturated carbocycles. The van der Waals surface area contributed by atoms with Gasteiger partial charge in [-0.1, -0.05) is 0 Å². The Bertz CT molecular complexity index is 178. The smallest absolute Gasteiger partial charge is 0.295 e. The minimum absolute atomic E-state index is 0.260. The summed E-state index contributed by atoms with van der Waals surface area (Å²) in [5, 5.41) is 0. The SMILES string of the molecule is FC(F)(F)CC1CC2[CH]N1CC2. The van der Waals surface area contributed by atoms with Crippen molar-refractivity contribution in [3.63, 3.8) is 0 Å². The highest BCUT2D eigenvalue weighted by Gasteiger charge is 2.43. The van der Waals surface area contributed by atoms with E-state index in [0.29, 0.717) is 12.3 Å². The molecular formula is C8H11F3N. The van der Waals surface area contributed by atoms with Gasteiger partial charge in [0.05, 0.1) is 6.42 Å². The van der Waals surface area contributed by atoms with E-state index in [1.807, 2.05) is 11.4 Å². The number of rotatable bonds is 1. The standard InChI is InChI=1S/C8H11F3N/c9-8(10,11)4-7-3-6-1-2-12(7)5-6/h5-7H,1-4H2. The Kier molecular flexibility index (Phi) is 1.82. The maximum atomic E-state index is 12.0. The molecule has 12 heavy (non-hydrogen) atoms. The van der Waals surface area contributed by atoms with E-state index in [9.17, 15) is 13.2 Å². The maximum Gasteiger partial charge on any atom is 0.390 e. The topological polar surface area (TPSA) is 3.24 Å². The summed E-state index contributed by atoms with van der Waals surface area (Å²) in [7, 11) is 0. The zero-order chi connectivity index (χ0) is 8.77. The van der Waals surface area contributed by atoms with Crippen LogP contribution in [0.25, 0.3) is 0 Å². The Morgan fingerprint density at radius 2 is 2.17 bits per heavy atom. The van der Waals surface area contributed by atoms with Crippen LogP contribution >= 0.6 is 0 Å². The van der Waals surface area contributed by atoms with Gasteiger partial charge in [-0.05, 0) is 25.3 Å². The van der Waals surface area contributed by atoms with Crippen LogP contribution in [0.15, 0.2) is 0 Å². The van der Waals surface area contributed by atoms with Gasteiger partial charge in [-0.25, -0.2) is 0 Å². The molecule has 2 aliphatic heterocycles. The second-order valence-electron chi connectivity index (χ2n) is 3.64. The van der Waals surface area contributed by atoms with E-state index in [0.717, 1.165) is 13.0 Å². The molecule has 1 radical (unpaired) electrons. The average molecular weight is 178 g/mol. The highest BCUT2D eigenvalue weighted by molar-refractivity contribution is 4.99. The first-order chi connectivity index (χ1) is 5.54. The van der Waals surface area contributed by atoms with Crippen LogP contribution < -0.4 is 0 Å². The molecule has 3 unspecified atom stereocenters. The fourth-order valence-corrected chi connectivity index (χ4v) is 2.17. The minimum Gasteiger partial charge on any atom is -0.295 e. The van der Waals surface area contributed by atoms with Gasteiger partial charge >= 0.3 is 6.18 Å². The minimum atomic E-state index is -4.00. The molecule has 3 atom stereocenters. The highest BCUT2D eigenvalue weighted by Crippen LogP contribution is 2.40. The van der Waals surface area contributed by atoms with E-state index < -0.39 is 12.6 Å². The number of fused-ring (bicyclic) bond motifs is 2. The van der Waals surface area contributed by atoms with Gasteiger partial charge in [0, 0.05) is 12.6 Å². The monoisotopic (exact) mass is 178 g/mol. The first-order valence-corrected chi connectivity index (χ1v) is 4.22. The van der Waals surface area contributed by atoms with E-state index in [1.54, 1.807) is 0 Å². The predicted octanol–water partition coefficient (Wildman–Crippen LogP) is 2.19. The summed E-state index contributed by atoms with van der Waals surface area (Å²) in [5.74, 6) is 0.428. The van der Waals surface area contributed by atoms with Crippen molar-refractivity contribution in [2.24, 2.45) is 5.92 Å². The highest BCUT2D eigenvalue weighted by atomic mass is 19.4. The lowest BCUT2D eigenvalue weighted by Crippen LogP contribution is -2.32. The summed E-state index contributed by atoms with van der Waals surface area (Å²) < 4.78 is 36.0. The van der Waals surface area contributed by atoms with Gasteiger partial charge in [0.15, 0.2) is 0 Å². The van der Waals surface area contributed by atoms with Crippen molar-refractivity contribution in [3.8, 4) is 0 Å².